The third-order valence-corrected chi connectivity index (χ3v) is 2.09. The first-order valence-corrected chi connectivity index (χ1v) is 4.68. The van der Waals surface area contributed by atoms with Crippen LogP contribution in [0.4, 0.5) is 5.82 Å². The molecule has 1 rings (SSSR count). The number of nitrogens with one attached hydrogen (secondary N) is 1. The normalized spacial score (nSPS) is 9.46. The Morgan fingerprint density at radius 3 is 2.92 bits per heavy atom. The maximum atomic E-state index is 11.2. The largest absolute Gasteiger partial charge is 0.465 e. The van der Waals surface area contributed by atoms with Gasteiger partial charge in [0.1, 0.15) is 11.4 Å². The highest BCUT2D eigenvalue weighted by atomic mass is 127. The van der Waals surface area contributed by atoms with Crippen LogP contribution in [0.2, 0.25) is 0 Å². The van der Waals surface area contributed by atoms with Gasteiger partial charge in [0.25, 0.3) is 0 Å². The summed E-state index contributed by atoms with van der Waals surface area (Å²) in [5.74, 6) is 0.155. The first-order chi connectivity index (χ1) is 6.19. The van der Waals surface area contributed by atoms with Crippen LogP contribution in [0.25, 0.3) is 0 Å². The maximum Gasteiger partial charge on any atom is 0.341 e. The maximum absolute atomic E-state index is 11.2. The topological polar surface area (TPSA) is 51.2 Å². The monoisotopic (exact) mass is 292 g/mol. The molecule has 0 fully saturated rings. The highest BCUT2D eigenvalue weighted by Gasteiger charge is 2.12. The standard InChI is InChI=1S/C8H9IN2O2/c1-10-7-6(8(12)13-2)3-5(9)4-11-7/h3-4H,1-2H3,(H,10,11). The van der Waals surface area contributed by atoms with E-state index in [0.717, 1.165) is 3.57 Å². The van der Waals surface area contributed by atoms with Crippen molar-refractivity contribution in [2.45, 2.75) is 0 Å². The van der Waals surface area contributed by atoms with Crippen LogP contribution < -0.4 is 5.32 Å². The van der Waals surface area contributed by atoms with E-state index in [2.05, 4.69) is 37.6 Å². The fraction of sp³-hybridized carbons (Fsp3) is 0.250. The fourth-order valence-electron chi connectivity index (χ4n) is 0.904. The van der Waals surface area contributed by atoms with Crippen molar-refractivity contribution in [2.75, 3.05) is 19.5 Å². The Balaban J connectivity index is 3.15. The van der Waals surface area contributed by atoms with Gasteiger partial charge in [-0.3, -0.25) is 0 Å². The Labute approximate surface area is 89.8 Å². The molecule has 0 spiro atoms. The molecule has 0 aliphatic carbocycles. The number of pyridine rings is 1. The Morgan fingerprint density at radius 2 is 2.38 bits per heavy atom. The minimum atomic E-state index is -0.379. The van der Waals surface area contributed by atoms with E-state index < -0.39 is 0 Å². The van der Waals surface area contributed by atoms with Crippen LogP contribution in [-0.2, 0) is 4.74 Å². The zero-order valence-corrected chi connectivity index (χ0v) is 9.45. The van der Waals surface area contributed by atoms with Crippen LogP contribution in [0.3, 0.4) is 0 Å². The summed E-state index contributed by atoms with van der Waals surface area (Å²) in [5, 5.41) is 2.82. The third-order valence-electron chi connectivity index (χ3n) is 1.50. The van der Waals surface area contributed by atoms with Crippen molar-refractivity contribution in [1.82, 2.24) is 4.98 Å². The molecule has 13 heavy (non-hydrogen) atoms. The number of esters is 1. The lowest BCUT2D eigenvalue weighted by atomic mass is 10.2. The van der Waals surface area contributed by atoms with Gasteiger partial charge in [0.15, 0.2) is 0 Å². The zero-order chi connectivity index (χ0) is 9.84. The molecule has 0 bridgehead atoms. The Morgan fingerprint density at radius 1 is 1.69 bits per heavy atom. The van der Waals surface area contributed by atoms with E-state index in [-0.39, 0.29) is 5.97 Å². The average molecular weight is 292 g/mol. The predicted molar refractivity (Wildman–Crippen MR) is 57.8 cm³/mol. The van der Waals surface area contributed by atoms with Crippen molar-refractivity contribution >= 4 is 34.4 Å². The molecular weight excluding hydrogens is 283 g/mol. The average Bonchev–Trinajstić information content (AvgIpc) is 2.16. The van der Waals surface area contributed by atoms with Gasteiger partial charge in [-0.05, 0) is 28.7 Å². The molecule has 0 aliphatic rings. The second-order valence-electron chi connectivity index (χ2n) is 2.29. The SMILES string of the molecule is CNc1ncc(I)cc1C(=O)OC. The summed E-state index contributed by atoms with van der Waals surface area (Å²) in [5.41, 5.74) is 0.455. The first kappa shape index (κ1) is 10.2. The number of rotatable bonds is 2. The number of ether oxygens (including phenoxy) is 1. The first-order valence-electron chi connectivity index (χ1n) is 3.60. The van der Waals surface area contributed by atoms with E-state index in [1.165, 1.54) is 7.11 Å². The lowest BCUT2D eigenvalue weighted by Gasteiger charge is -2.05. The minimum absolute atomic E-state index is 0.379. The number of aromatic nitrogens is 1. The van der Waals surface area contributed by atoms with Crippen LogP contribution in [0.15, 0.2) is 12.3 Å². The summed E-state index contributed by atoms with van der Waals surface area (Å²) in [6, 6.07) is 1.73. The van der Waals surface area contributed by atoms with Crippen LogP contribution in [-0.4, -0.2) is 25.1 Å². The van der Waals surface area contributed by atoms with E-state index in [0.29, 0.717) is 11.4 Å². The van der Waals surface area contributed by atoms with Crippen molar-refractivity contribution < 1.29 is 9.53 Å². The van der Waals surface area contributed by atoms with Gasteiger partial charge in [0.05, 0.1) is 7.11 Å². The highest BCUT2D eigenvalue weighted by molar-refractivity contribution is 14.1. The highest BCUT2D eigenvalue weighted by Crippen LogP contribution is 2.15. The van der Waals surface area contributed by atoms with Crippen LogP contribution in [0.1, 0.15) is 10.4 Å². The van der Waals surface area contributed by atoms with Gasteiger partial charge in [0.2, 0.25) is 0 Å². The Kier molecular flexibility index (Phi) is 3.47. The molecule has 4 nitrogen and oxygen atoms in total. The number of methoxy groups -OCH3 is 1. The molecule has 1 heterocycles. The molecular formula is C8H9IN2O2. The van der Waals surface area contributed by atoms with Gasteiger partial charge in [-0.15, -0.1) is 0 Å². The number of nitrogens with zero attached hydrogens (tertiary/aromatic N) is 1. The molecule has 70 valence electrons. The van der Waals surface area contributed by atoms with Gasteiger partial charge >= 0.3 is 5.97 Å². The summed E-state index contributed by atoms with van der Waals surface area (Å²) < 4.78 is 5.51. The van der Waals surface area contributed by atoms with Crippen LogP contribution >= 0.6 is 22.6 Å². The smallest absolute Gasteiger partial charge is 0.341 e. The van der Waals surface area contributed by atoms with E-state index in [1.807, 2.05) is 0 Å². The fourth-order valence-corrected chi connectivity index (χ4v) is 1.35. The summed E-state index contributed by atoms with van der Waals surface area (Å²) in [7, 11) is 3.06. The predicted octanol–water partition coefficient (Wildman–Crippen LogP) is 1.51. The second kappa shape index (κ2) is 4.40. The van der Waals surface area contributed by atoms with Gasteiger partial charge in [-0.2, -0.15) is 0 Å². The van der Waals surface area contributed by atoms with E-state index in [1.54, 1.807) is 19.3 Å². The summed E-state index contributed by atoms with van der Waals surface area (Å²) >= 11 is 2.09. The molecule has 0 radical (unpaired) electrons. The van der Waals surface area contributed by atoms with Gasteiger partial charge in [-0.25, -0.2) is 9.78 Å². The molecule has 0 saturated heterocycles. The number of anilines is 1. The summed E-state index contributed by atoms with van der Waals surface area (Å²) in [6.45, 7) is 0. The van der Waals surface area contributed by atoms with Gasteiger partial charge < -0.3 is 10.1 Å². The lowest BCUT2D eigenvalue weighted by Crippen LogP contribution is -2.07. The van der Waals surface area contributed by atoms with Gasteiger partial charge in [0, 0.05) is 16.8 Å². The number of carbonyl (C=O) groups is 1. The molecule has 0 aliphatic heterocycles. The molecule has 1 N–H and O–H groups in total. The quantitative estimate of drug-likeness (QED) is 0.663. The zero-order valence-electron chi connectivity index (χ0n) is 7.30. The molecule has 0 unspecified atom stereocenters. The molecule has 0 saturated carbocycles. The second-order valence-corrected chi connectivity index (χ2v) is 3.54. The Bertz CT molecular complexity index is 328. The molecule has 0 atom stereocenters. The molecule has 0 amide bonds. The number of carbonyl (C=O) groups excluding carboxylic acids is 1. The lowest BCUT2D eigenvalue weighted by molar-refractivity contribution is 0.0601. The van der Waals surface area contributed by atoms with Crippen molar-refractivity contribution in [3.8, 4) is 0 Å². The van der Waals surface area contributed by atoms with Gasteiger partial charge in [-0.1, -0.05) is 0 Å². The number of hydrogen-bond donors (Lipinski definition) is 1. The van der Waals surface area contributed by atoms with E-state index >= 15 is 0 Å². The van der Waals surface area contributed by atoms with Crippen LogP contribution in [0, 0.1) is 3.57 Å². The third kappa shape index (κ3) is 2.30. The number of hydrogen-bond acceptors (Lipinski definition) is 4. The summed E-state index contributed by atoms with van der Waals surface area (Å²) in [6.07, 6.45) is 1.68. The van der Waals surface area contributed by atoms with Crippen molar-refractivity contribution in [3.63, 3.8) is 0 Å². The summed E-state index contributed by atoms with van der Waals surface area (Å²) in [4.78, 5) is 15.3. The van der Waals surface area contributed by atoms with E-state index in [9.17, 15) is 4.79 Å². The Hall–Kier alpha value is -0.850. The molecule has 1 aromatic heterocycles. The van der Waals surface area contributed by atoms with Crippen LogP contribution in [0.5, 0.6) is 0 Å². The van der Waals surface area contributed by atoms with E-state index in [4.69, 9.17) is 0 Å². The molecule has 0 aromatic carbocycles. The molecule has 5 heteroatoms. The van der Waals surface area contributed by atoms with Crippen molar-refractivity contribution in [2.24, 2.45) is 0 Å². The minimum Gasteiger partial charge on any atom is -0.465 e. The number of halogens is 1. The van der Waals surface area contributed by atoms with Crippen molar-refractivity contribution in [3.05, 3.63) is 21.4 Å². The van der Waals surface area contributed by atoms with Crippen molar-refractivity contribution in [1.29, 1.82) is 0 Å². The molecule has 1 aromatic rings.